The molecule has 2 unspecified atom stereocenters. The number of nitrogens with one attached hydrogen (secondary N) is 1. The van der Waals surface area contributed by atoms with Crippen LogP contribution in [-0.2, 0) is 9.59 Å². The fourth-order valence-electron chi connectivity index (χ4n) is 5.15. The summed E-state index contributed by atoms with van der Waals surface area (Å²) in [5.41, 5.74) is 1.82. The zero-order valence-corrected chi connectivity index (χ0v) is 21.4. The molecule has 8 nitrogen and oxygen atoms in total. The Morgan fingerprint density at radius 1 is 1.00 bits per heavy atom. The number of hydrogen-bond donors (Lipinski definition) is 1. The summed E-state index contributed by atoms with van der Waals surface area (Å²) in [6, 6.07) is 5.09. The zero-order valence-electron chi connectivity index (χ0n) is 21.4. The minimum atomic E-state index is -0.434. The highest BCUT2D eigenvalue weighted by Crippen LogP contribution is 2.30. The fourth-order valence-corrected chi connectivity index (χ4v) is 5.15. The summed E-state index contributed by atoms with van der Waals surface area (Å²) in [7, 11) is 0. The minimum absolute atomic E-state index is 0.0700. The van der Waals surface area contributed by atoms with Crippen molar-refractivity contribution in [3.8, 4) is 0 Å². The first-order valence-corrected chi connectivity index (χ1v) is 13.1. The molecule has 4 amide bonds. The lowest BCUT2D eigenvalue weighted by molar-refractivity contribution is -0.125. The van der Waals surface area contributed by atoms with E-state index in [9.17, 15) is 19.2 Å². The SMILES string of the molecule is CCCC(C)CCCCN1CCN(c2ccc3c(c2)C(=O)N(C(C)CCC(=O)NC=O)C3=O)CC1. The molecular formula is C27H40N4O4. The van der Waals surface area contributed by atoms with E-state index in [4.69, 9.17) is 0 Å². The van der Waals surface area contributed by atoms with Gasteiger partial charge in [-0.05, 0) is 50.4 Å². The number of imide groups is 2. The lowest BCUT2D eigenvalue weighted by Gasteiger charge is -2.36. The molecule has 0 aliphatic carbocycles. The van der Waals surface area contributed by atoms with Gasteiger partial charge in [-0.3, -0.25) is 34.3 Å². The van der Waals surface area contributed by atoms with Crippen molar-refractivity contribution < 1.29 is 19.2 Å². The van der Waals surface area contributed by atoms with E-state index in [-0.39, 0.29) is 18.2 Å². The van der Waals surface area contributed by atoms with Gasteiger partial charge in [-0.15, -0.1) is 0 Å². The van der Waals surface area contributed by atoms with Gasteiger partial charge >= 0.3 is 0 Å². The van der Waals surface area contributed by atoms with Crippen LogP contribution >= 0.6 is 0 Å². The number of unbranched alkanes of at least 4 members (excludes halogenated alkanes) is 1. The van der Waals surface area contributed by atoms with Crippen LogP contribution in [0, 0.1) is 5.92 Å². The Balaban J connectivity index is 1.51. The topological polar surface area (TPSA) is 90.0 Å². The van der Waals surface area contributed by atoms with Gasteiger partial charge in [0.1, 0.15) is 0 Å². The van der Waals surface area contributed by atoms with Crippen LogP contribution < -0.4 is 10.2 Å². The molecule has 1 aromatic carbocycles. The highest BCUT2D eigenvalue weighted by molar-refractivity contribution is 6.22. The number of fused-ring (bicyclic) bond motifs is 1. The van der Waals surface area contributed by atoms with Crippen molar-refractivity contribution in [2.75, 3.05) is 37.6 Å². The van der Waals surface area contributed by atoms with E-state index in [1.54, 1.807) is 13.0 Å². The highest BCUT2D eigenvalue weighted by atomic mass is 16.2. The number of nitrogens with zero attached hydrogens (tertiary/aromatic N) is 3. The van der Waals surface area contributed by atoms with Gasteiger partial charge in [0.05, 0.1) is 11.1 Å². The molecule has 2 aliphatic rings. The Hall–Kier alpha value is -2.74. The van der Waals surface area contributed by atoms with Gasteiger partial charge < -0.3 is 4.90 Å². The van der Waals surface area contributed by atoms with E-state index in [2.05, 4.69) is 29.0 Å². The molecule has 3 rings (SSSR count). The van der Waals surface area contributed by atoms with Crippen LogP contribution in [0.2, 0.25) is 0 Å². The summed E-state index contributed by atoms with van der Waals surface area (Å²) in [5.74, 6) is -0.230. The van der Waals surface area contributed by atoms with Crippen molar-refractivity contribution >= 4 is 29.8 Å². The Bertz CT molecular complexity index is 910. The second-order valence-electron chi connectivity index (χ2n) is 10.0. The number of carbonyl (C=O) groups is 4. The first-order valence-electron chi connectivity index (χ1n) is 13.1. The summed E-state index contributed by atoms with van der Waals surface area (Å²) in [6.07, 6.45) is 7.15. The number of hydrogen-bond acceptors (Lipinski definition) is 6. The molecule has 1 aromatic rings. The van der Waals surface area contributed by atoms with Gasteiger partial charge in [0.2, 0.25) is 12.3 Å². The highest BCUT2D eigenvalue weighted by Gasteiger charge is 2.38. The van der Waals surface area contributed by atoms with Crippen LogP contribution in [0.5, 0.6) is 0 Å². The maximum absolute atomic E-state index is 13.1. The van der Waals surface area contributed by atoms with Crippen molar-refractivity contribution in [2.45, 2.75) is 71.8 Å². The lowest BCUT2D eigenvalue weighted by atomic mass is 9.99. The normalized spacial score (nSPS) is 17.9. The van der Waals surface area contributed by atoms with E-state index in [0.717, 1.165) is 44.3 Å². The largest absolute Gasteiger partial charge is 0.369 e. The molecule has 35 heavy (non-hydrogen) atoms. The molecular weight excluding hydrogens is 444 g/mol. The van der Waals surface area contributed by atoms with E-state index < -0.39 is 11.9 Å². The van der Waals surface area contributed by atoms with Crippen molar-refractivity contribution in [3.05, 3.63) is 29.3 Å². The van der Waals surface area contributed by atoms with Crippen LogP contribution in [0.3, 0.4) is 0 Å². The van der Waals surface area contributed by atoms with Crippen molar-refractivity contribution in [1.82, 2.24) is 15.1 Å². The number of anilines is 1. The van der Waals surface area contributed by atoms with Gasteiger partial charge in [-0.1, -0.05) is 39.5 Å². The maximum atomic E-state index is 13.1. The quantitative estimate of drug-likeness (QED) is 0.262. The van der Waals surface area contributed by atoms with Gasteiger partial charge in [-0.25, -0.2) is 0 Å². The average Bonchev–Trinajstić information content (AvgIpc) is 3.10. The molecule has 192 valence electrons. The van der Waals surface area contributed by atoms with Crippen LogP contribution in [0.25, 0.3) is 0 Å². The minimum Gasteiger partial charge on any atom is -0.369 e. The summed E-state index contributed by atoms with van der Waals surface area (Å²) in [6.45, 7) is 11.3. The van der Waals surface area contributed by atoms with Crippen molar-refractivity contribution in [3.63, 3.8) is 0 Å². The van der Waals surface area contributed by atoms with Gasteiger partial charge in [-0.2, -0.15) is 0 Å². The fraction of sp³-hybridized carbons (Fsp3) is 0.630. The molecule has 0 spiro atoms. The lowest BCUT2D eigenvalue weighted by Crippen LogP contribution is -2.46. The number of carbonyl (C=O) groups excluding carboxylic acids is 4. The zero-order chi connectivity index (χ0) is 25.4. The third kappa shape index (κ3) is 6.90. The third-order valence-electron chi connectivity index (χ3n) is 7.29. The van der Waals surface area contributed by atoms with Crippen LogP contribution in [0.4, 0.5) is 5.69 Å². The van der Waals surface area contributed by atoms with Crippen molar-refractivity contribution in [1.29, 1.82) is 0 Å². The Morgan fingerprint density at radius 3 is 2.40 bits per heavy atom. The summed E-state index contributed by atoms with van der Waals surface area (Å²) in [4.78, 5) is 54.0. The monoisotopic (exact) mass is 484 g/mol. The first-order chi connectivity index (χ1) is 16.8. The van der Waals surface area contributed by atoms with Gasteiger partial charge in [0.25, 0.3) is 11.8 Å². The van der Waals surface area contributed by atoms with Gasteiger partial charge in [0, 0.05) is 44.3 Å². The predicted octanol–water partition coefficient (Wildman–Crippen LogP) is 3.45. The Kier molecular flexibility index (Phi) is 9.83. The maximum Gasteiger partial charge on any atom is 0.261 e. The molecule has 1 saturated heterocycles. The molecule has 0 bridgehead atoms. The second-order valence-corrected chi connectivity index (χ2v) is 10.0. The van der Waals surface area contributed by atoms with Crippen LogP contribution in [-0.4, -0.2) is 72.7 Å². The summed E-state index contributed by atoms with van der Waals surface area (Å²) < 4.78 is 0. The van der Waals surface area contributed by atoms with E-state index in [1.807, 2.05) is 12.1 Å². The average molecular weight is 485 g/mol. The molecule has 2 heterocycles. The Morgan fingerprint density at radius 2 is 1.71 bits per heavy atom. The molecule has 0 radical (unpaired) electrons. The second kappa shape index (κ2) is 12.8. The Labute approximate surface area is 209 Å². The molecule has 2 atom stereocenters. The molecule has 2 aliphatic heterocycles. The smallest absolute Gasteiger partial charge is 0.261 e. The third-order valence-corrected chi connectivity index (χ3v) is 7.29. The number of amides is 4. The number of rotatable bonds is 13. The summed E-state index contributed by atoms with van der Waals surface area (Å²) in [5, 5.41) is 2.08. The van der Waals surface area contributed by atoms with E-state index in [0.29, 0.717) is 24.0 Å². The van der Waals surface area contributed by atoms with E-state index in [1.165, 1.54) is 37.0 Å². The number of piperazine rings is 1. The molecule has 1 fully saturated rings. The number of benzene rings is 1. The molecule has 1 N–H and O–H groups in total. The molecule has 0 aromatic heterocycles. The van der Waals surface area contributed by atoms with Crippen LogP contribution in [0.1, 0.15) is 86.4 Å². The first kappa shape index (κ1) is 26.9. The molecule has 0 saturated carbocycles. The standard InChI is InChI=1S/C27H40N4O4/c1-4-7-20(2)8-5-6-13-29-14-16-30(17-15-29)22-10-11-23-24(18-22)27(35)31(26(23)34)21(3)9-12-25(33)28-19-32/h10-11,18-21H,4-9,12-17H2,1-3H3,(H,28,32,33). The van der Waals surface area contributed by atoms with Crippen LogP contribution in [0.15, 0.2) is 18.2 Å². The van der Waals surface area contributed by atoms with E-state index >= 15 is 0 Å². The van der Waals surface area contributed by atoms with Gasteiger partial charge in [0.15, 0.2) is 0 Å². The summed E-state index contributed by atoms with van der Waals surface area (Å²) >= 11 is 0. The molecule has 8 heteroatoms. The van der Waals surface area contributed by atoms with Crippen molar-refractivity contribution in [2.24, 2.45) is 5.92 Å². The predicted molar refractivity (Wildman–Crippen MR) is 136 cm³/mol.